The fraction of sp³-hybridized carbons (Fsp3) is 0.500. The number of benzene rings is 1. The number of hydrogen-bond donors (Lipinski definition) is 0. The highest BCUT2D eigenvalue weighted by atomic mass is 19.4. The van der Waals surface area contributed by atoms with Gasteiger partial charge in [-0.05, 0) is 30.4 Å². The van der Waals surface area contributed by atoms with Gasteiger partial charge in [-0.1, -0.05) is 24.6 Å². The van der Waals surface area contributed by atoms with Crippen molar-refractivity contribution in [3.63, 3.8) is 0 Å². The predicted molar refractivity (Wildman–Crippen MR) is 62.7 cm³/mol. The summed E-state index contributed by atoms with van der Waals surface area (Å²) >= 11 is 0. The molecule has 0 radical (unpaired) electrons. The zero-order valence-electron chi connectivity index (χ0n) is 9.96. The topological polar surface area (TPSA) is 17.1 Å². The van der Waals surface area contributed by atoms with Crippen LogP contribution in [0.2, 0.25) is 0 Å². The second kappa shape index (κ2) is 5.12. The molecular formula is C14H15F3O. The molecule has 1 saturated carbocycles. The van der Waals surface area contributed by atoms with E-state index in [1.54, 1.807) is 18.2 Å². The van der Waals surface area contributed by atoms with E-state index in [-0.39, 0.29) is 0 Å². The molecule has 1 fully saturated rings. The van der Waals surface area contributed by atoms with E-state index in [1.807, 2.05) is 6.07 Å². The molecule has 2 rings (SSSR count). The Morgan fingerprint density at radius 2 is 2.00 bits per heavy atom. The van der Waals surface area contributed by atoms with Crippen LogP contribution in [0.3, 0.4) is 0 Å². The maximum Gasteiger partial charge on any atom is 0.389 e. The van der Waals surface area contributed by atoms with Gasteiger partial charge in [0.1, 0.15) is 0 Å². The van der Waals surface area contributed by atoms with Crippen LogP contribution in [0.25, 0.3) is 0 Å². The minimum Gasteiger partial charge on any atom is -0.294 e. The van der Waals surface area contributed by atoms with E-state index in [0.717, 1.165) is 18.4 Å². The summed E-state index contributed by atoms with van der Waals surface area (Å²) in [7, 11) is 0. The first-order valence-electron chi connectivity index (χ1n) is 6.15. The molecule has 0 amide bonds. The zero-order chi connectivity index (χ0) is 13.2. The number of carbonyl (C=O) groups excluding carboxylic acids is 1. The summed E-state index contributed by atoms with van der Waals surface area (Å²) in [5, 5.41) is 0. The Labute approximate surface area is 104 Å². The fourth-order valence-electron chi connectivity index (χ4n) is 2.11. The maximum atomic E-state index is 12.1. The van der Waals surface area contributed by atoms with Crippen LogP contribution in [0, 0.1) is 0 Å². The quantitative estimate of drug-likeness (QED) is 0.726. The second-order valence-corrected chi connectivity index (χ2v) is 4.79. The lowest BCUT2D eigenvalue weighted by atomic mass is 9.79. The van der Waals surface area contributed by atoms with Crippen LogP contribution >= 0.6 is 0 Å². The van der Waals surface area contributed by atoms with Gasteiger partial charge >= 0.3 is 6.18 Å². The van der Waals surface area contributed by atoms with Crippen molar-refractivity contribution >= 4 is 5.78 Å². The van der Waals surface area contributed by atoms with E-state index >= 15 is 0 Å². The fourth-order valence-corrected chi connectivity index (χ4v) is 2.11. The molecule has 18 heavy (non-hydrogen) atoms. The van der Waals surface area contributed by atoms with Gasteiger partial charge < -0.3 is 0 Å². The van der Waals surface area contributed by atoms with Crippen molar-refractivity contribution in [1.29, 1.82) is 0 Å². The van der Waals surface area contributed by atoms with E-state index in [1.165, 1.54) is 6.42 Å². The summed E-state index contributed by atoms with van der Waals surface area (Å²) in [6, 6.07) is 7.06. The lowest BCUT2D eigenvalue weighted by Gasteiger charge is -2.26. The van der Waals surface area contributed by atoms with E-state index in [2.05, 4.69) is 0 Å². The maximum absolute atomic E-state index is 12.1. The highest BCUT2D eigenvalue weighted by Gasteiger charge is 2.28. The van der Waals surface area contributed by atoms with Gasteiger partial charge in [0.2, 0.25) is 0 Å². The van der Waals surface area contributed by atoms with E-state index in [4.69, 9.17) is 0 Å². The molecule has 0 aliphatic heterocycles. The number of rotatable bonds is 4. The van der Waals surface area contributed by atoms with Gasteiger partial charge in [-0.15, -0.1) is 0 Å². The average molecular weight is 256 g/mol. The summed E-state index contributed by atoms with van der Waals surface area (Å²) in [6.45, 7) is 0. The highest BCUT2D eigenvalue weighted by molar-refractivity contribution is 5.96. The van der Waals surface area contributed by atoms with Crippen molar-refractivity contribution in [2.75, 3.05) is 0 Å². The van der Waals surface area contributed by atoms with Crippen molar-refractivity contribution in [1.82, 2.24) is 0 Å². The van der Waals surface area contributed by atoms with E-state index < -0.39 is 24.8 Å². The molecule has 0 N–H and O–H groups in total. The predicted octanol–water partition coefficient (Wildman–Crippen LogP) is 4.48. The Bertz CT molecular complexity index is 433. The Hall–Kier alpha value is -1.32. The molecule has 4 heteroatoms. The van der Waals surface area contributed by atoms with Gasteiger partial charge in [-0.3, -0.25) is 4.79 Å². The number of Topliss-reactive ketones (excluding diaryl/α,β-unsaturated/α-hetero) is 1. The van der Waals surface area contributed by atoms with E-state index in [9.17, 15) is 18.0 Å². The molecule has 0 unspecified atom stereocenters. The van der Waals surface area contributed by atoms with Gasteiger partial charge in [0, 0.05) is 12.0 Å². The molecule has 0 aromatic heterocycles. The third kappa shape index (κ3) is 3.34. The van der Waals surface area contributed by atoms with Crippen molar-refractivity contribution in [3.05, 3.63) is 35.4 Å². The summed E-state index contributed by atoms with van der Waals surface area (Å²) in [4.78, 5) is 11.7. The molecule has 98 valence electrons. The molecule has 1 aliphatic carbocycles. The SMILES string of the molecule is O=C(CCC(F)(F)F)c1cccc(C2CCC2)c1. The van der Waals surface area contributed by atoms with Gasteiger partial charge in [0.25, 0.3) is 0 Å². The molecule has 0 spiro atoms. The van der Waals surface area contributed by atoms with Gasteiger partial charge in [0.15, 0.2) is 5.78 Å². The van der Waals surface area contributed by atoms with Crippen molar-refractivity contribution in [2.45, 2.75) is 44.2 Å². The van der Waals surface area contributed by atoms with Crippen LogP contribution in [-0.4, -0.2) is 12.0 Å². The molecule has 1 nitrogen and oxygen atoms in total. The minimum absolute atomic E-state index is 0.406. The van der Waals surface area contributed by atoms with Crippen LogP contribution < -0.4 is 0 Å². The molecule has 0 atom stereocenters. The highest BCUT2D eigenvalue weighted by Crippen LogP contribution is 2.36. The van der Waals surface area contributed by atoms with Crippen LogP contribution in [0.5, 0.6) is 0 Å². The van der Waals surface area contributed by atoms with Crippen LogP contribution in [0.1, 0.15) is 53.9 Å². The van der Waals surface area contributed by atoms with Gasteiger partial charge in [-0.2, -0.15) is 13.2 Å². The molecule has 1 aromatic carbocycles. The Balaban J connectivity index is 2.01. The molecular weight excluding hydrogens is 241 g/mol. The Morgan fingerprint density at radius 1 is 1.28 bits per heavy atom. The minimum atomic E-state index is -4.26. The lowest BCUT2D eigenvalue weighted by Crippen LogP contribution is -2.12. The molecule has 1 aromatic rings. The second-order valence-electron chi connectivity index (χ2n) is 4.79. The standard InChI is InChI=1S/C14H15F3O/c15-14(16,17)8-7-13(18)12-6-2-5-11(9-12)10-3-1-4-10/h2,5-6,9-10H,1,3-4,7-8H2. The first kappa shape index (κ1) is 13.1. The lowest BCUT2D eigenvalue weighted by molar-refractivity contribution is -0.133. The Kier molecular flexibility index (Phi) is 3.73. The molecule has 1 aliphatic rings. The number of carbonyl (C=O) groups is 1. The number of halogens is 3. The molecule has 0 heterocycles. The molecule has 0 saturated heterocycles. The van der Waals surface area contributed by atoms with Gasteiger partial charge in [0.05, 0.1) is 6.42 Å². The van der Waals surface area contributed by atoms with Crippen LogP contribution in [-0.2, 0) is 0 Å². The van der Waals surface area contributed by atoms with Crippen molar-refractivity contribution in [3.8, 4) is 0 Å². The monoisotopic (exact) mass is 256 g/mol. The normalized spacial score (nSPS) is 16.4. The number of alkyl halides is 3. The first-order valence-corrected chi connectivity index (χ1v) is 6.15. The van der Waals surface area contributed by atoms with E-state index in [0.29, 0.717) is 11.5 Å². The largest absolute Gasteiger partial charge is 0.389 e. The van der Waals surface area contributed by atoms with Crippen molar-refractivity contribution in [2.24, 2.45) is 0 Å². The first-order chi connectivity index (χ1) is 8.46. The third-order valence-electron chi connectivity index (χ3n) is 3.42. The Morgan fingerprint density at radius 3 is 2.56 bits per heavy atom. The summed E-state index contributed by atoms with van der Waals surface area (Å²) in [5.74, 6) is 0.0638. The summed E-state index contributed by atoms with van der Waals surface area (Å²) in [6.07, 6.45) is -2.35. The van der Waals surface area contributed by atoms with Crippen LogP contribution in [0.15, 0.2) is 24.3 Å². The van der Waals surface area contributed by atoms with Crippen LogP contribution in [0.4, 0.5) is 13.2 Å². The van der Waals surface area contributed by atoms with Crippen molar-refractivity contribution < 1.29 is 18.0 Å². The molecule has 0 bridgehead atoms. The average Bonchev–Trinajstić information content (AvgIpc) is 2.23. The number of ketones is 1. The third-order valence-corrected chi connectivity index (χ3v) is 3.42. The summed E-state index contributed by atoms with van der Waals surface area (Å²) < 4.78 is 36.2. The van der Waals surface area contributed by atoms with Gasteiger partial charge in [-0.25, -0.2) is 0 Å². The zero-order valence-corrected chi connectivity index (χ0v) is 9.96. The smallest absolute Gasteiger partial charge is 0.294 e. The summed E-state index contributed by atoms with van der Waals surface area (Å²) in [5.41, 5.74) is 1.49. The number of hydrogen-bond acceptors (Lipinski definition) is 1.